The van der Waals surface area contributed by atoms with Gasteiger partial charge >= 0.3 is 0 Å². The lowest BCUT2D eigenvalue weighted by Crippen LogP contribution is -2.60. The first kappa shape index (κ1) is 40.3. The molecule has 1 N–H and O–H groups in total. The zero-order valence-electron chi connectivity index (χ0n) is 31.1. The molecule has 5 heterocycles. The highest BCUT2D eigenvalue weighted by Gasteiger charge is 2.36. The minimum Gasteiger partial charge on any atom is -0.508 e. The fourth-order valence-electron chi connectivity index (χ4n) is 8.14. The van der Waals surface area contributed by atoms with Crippen molar-refractivity contribution in [3.05, 3.63) is 118 Å². The minimum absolute atomic E-state index is 0. The molecule has 290 valence electrons. The summed E-state index contributed by atoms with van der Waals surface area (Å²) in [6.07, 6.45) is 4.18. The summed E-state index contributed by atoms with van der Waals surface area (Å²) in [7, 11) is 3.70. The van der Waals surface area contributed by atoms with Gasteiger partial charge in [0.05, 0.1) is 30.7 Å². The van der Waals surface area contributed by atoms with E-state index in [0.717, 1.165) is 63.6 Å². The summed E-state index contributed by atoms with van der Waals surface area (Å²) < 4.78 is 9.41. The van der Waals surface area contributed by atoms with Crippen LogP contribution in [0.1, 0.15) is 37.5 Å². The quantitative estimate of drug-likeness (QED) is 0.201. The number of hydrogen-bond donors (Lipinski definition) is 1. The van der Waals surface area contributed by atoms with E-state index < -0.39 is 0 Å². The van der Waals surface area contributed by atoms with Gasteiger partial charge in [-0.2, -0.15) is 5.10 Å². The first-order chi connectivity index (χ1) is 25.6. The van der Waals surface area contributed by atoms with Gasteiger partial charge in [0.15, 0.2) is 0 Å². The van der Waals surface area contributed by atoms with Gasteiger partial charge in [0, 0.05) is 105 Å². The number of nitrogens with zero attached hydrogens (tertiary/aromatic N) is 7. The van der Waals surface area contributed by atoms with Crippen LogP contribution in [0.2, 0.25) is 5.02 Å². The van der Waals surface area contributed by atoms with Gasteiger partial charge in [0.1, 0.15) is 5.75 Å². The molecule has 55 heavy (non-hydrogen) atoms. The second-order valence-corrected chi connectivity index (χ2v) is 14.8. The maximum absolute atomic E-state index is 15.0. The van der Waals surface area contributed by atoms with E-state index in [0.29, 0.717) is 51.4 Å². The smallest absolute Gasteiger partial charge is 0.264 e. The van der Waals surface area contributed by atoms with Crippen molar-refractivity contribution < 1.29 is 19.4 Å². The molecule has 2 aromatic heterocycles. The molecule has 3 aromatic carbocycles. The van der Waals surface area contributed by atoms with Crippen LogP contribution in [0.3, 0.4) is 0 Å². The molecule has 14 heteroatoms. The number of phenols is 1. The third-order valence-electron chi connectivity index (χ3n) is 11.1. The molecule has 3 aliphatic heterocycles. The second kappa shape index (κ2) is 16.8. The van der Waals surface area contributed by atoms with Crippen molar-refractivity contribution >= 4 is 59.6 Å². The molecular formula is C41H46Cl3N7O4. The third kappa shape index (κ3) is 8.00. The maximum Gasteiger partial charge on any atom is 0.264 e. The molecule has 0 radical (unpaired) electrons. The lowest BCUT2D eigenvalue weighted by molar-refractivity contribution is -0.0485. The van der Waals surface area contributed by atoms with Crippen molar-refractivity contribution in [2.45, 2.75) is 32.0 Å². The largest absolute Gasteiger partial charge is 0.508 e. The molecule has 8 rings (SSSR count). The molecule has 0 saturated carbocycles. The van der Waals surface area contributed by atoms with E-state index in [1.165, 1.54) is 5.56 Å². The number of amides is 2. The fraction of sp³-hybridized carbons (Fsp3) is 0.341. The van der Waals surface area contributed by atoms with E-state index >= 15 is 0 Å². The van der Waals surface area contributed by atoms with Gasteiger partial charge in [0.25, 0.3) is 11.8 Å². The van der Waals surface area contributed by atoms with Crippen LogP contribution < -0.4 is 4.90 Å². The molecule has 2 saturated heterocycles. The number of carbonyl (C=O) groups is 2. The summed E-state index contributed by atoms with van der Waals surface area (Å²) in [6, 6.07) is 22.5. The van der Waals surface area contributed by atoms with E-state index in [2.05, 4.69) is 33.1 Å². The number of fused-ring (bicyclic) bond motifs is 2. The molecule has 11 nitrogen and oxygen atoms in total. The summed E-state index contributed by atoms with van der Waals surface area (Å²) in [5, 5.41) is 14.8. The number of ether oxygens (including phenoxy) is 1. The molecule has 0 spiro atoms. The van der Waals surface area contributed by atoms with Crippen molar-refractivity contribution in [2.75, 3.05) is 50.8 Å². The van der Waals surface area contributed by atoms with E-state index in [9.17, 15) is 14.7 Å². The number of aromatic nitrogens is 3. The number of piperazine rings is 1. The summed E-state index contributed by atoms with van der Waals surface area (Å²) in [5.74, 6) is -0.234. The minimum atomic E-state index is -0.269. The Labute approximate surface area is 338 Å². The summed E-state index contributed by atoms with van der Waals surface area (Å²) in [4.78, 5) is 38.1. The molecule has 2 amide bonds. The Hall–Kier alpha value is -4.36. The van der Waals surface area contributed by atoms with Gasteiger partial charge in [0.2, 0.25) is 0 Å². The second-order valence-electron chi connectivity index (χ2n) is 14.4. The van der Waals surface area contributed by atoms with E-state index in [1.807, 2.05) is 47.7 Å². The normalized spacial score (nSPS) is 18.4. The van der Waals surface area contributed by atoms with Crippen molar-refractivity contribution in [1.29, 1.82) is 0 Å². The van der Waals surface area contributed by atoms with Crippen LogP contribution in [0.4, 0.5) is 11.4 Å². The Bertz CT molecular complexity index is 2170. The Kier molecular flexibility index (Phi) is 12.3. The topological polar surface area (TPSA) is 99.3 Å². The van der Waals surface area contributed by atoms with Crippen LogP contribution in [-0.4, -0.2) is 104 Å². The molecule has 2 atom stereocenters. The first-order valence-electron chi connectivity index (χ1n) is 18.1. The summed E-state index contributed by atoms with van der Waals surface area (Å²) in [5.41, 5.74) is 6.70. The van der Waals surface area contributed by atoms with Crippen molar-refractivity contribution in [3.8, 4) is 17.0 Å². The Morgan fingerprint density at radius 1 is 0.945 bits per heavy atom. The number of halogens is 3. The molecule has 3 aliphatic rings. The van der Waals surface area contributed by atoms with Crippen LogP contribution in [-0.2, 0) is 31.8 Å². The third-order valence-corrected chi connectivity index (χ3v) is 11.4. The highest BCUT2D eigenvalue weighted by molar-refractivity contribution is 6.31. The zero-order chi connectivity index (χ0) is 36.8. The maximum atomic E-state index is 15.0. The number of phenolic OH excluding ortho intramolecular Hbond substituents is 1. The molecule has 0 aliphatic carbocycles. The number of hydrogen-bond acceptors (Lipinski definition) is 7. The van der Waals surface area contributed by atoms with Crippen LogP contribution in [0, 0.1) is 6.92 Å². The number of carbonyl (C=O) groups excluding carboxylic acids is 2. The Balaban J connectivity index is 0.00000257. The average Bonchev–Trinajstić information content (AvgIpc) is 3.73. The number of morpholine rings is 1. The lowest BCUT2D eigenvalue weighted by Gasteiger charge is -2.46. The van der Waals surface area contributed by atoms with Crippen LogP contribution >= 0.6 is 36.4 Å². The van der Waals surface area contributed by atoms with Crippen molar-refractivity contribution in [2.24, 2.45) is 14.1 Å². The predicted molar refractivity (Wildman–Crippen MR) is 219 cm³/mol. The number of aromatic hydroxyl groups is 1. The zero-order valence-corrected chi connectivity index (χ0v) is 33.5. The highest BCUT2D eigenvalue weighted by Crippen LogP contribution is 2.36. The SMILES string of the molecule is Cc1c(C(=O)N(c2ccc(O)cc2)c2cnn(C)c2)cc(-c2cc(Cl)ccc2C(=O)N2Cc3ccccc3C[C@H]2CN2CCN3CCOC[C@@H]3C2)n1C.Cl.Cl. The lowest BCUT2D eigenvalue weighted by atomic mass is 9.92. The summed E-state index contributed by atoms with van der Waals surface area (Å²) in [6.45, 7) is 8.59. The number of aryl methyl sites for hydroxylation is 1. The molecule has 0 unspecified atom stereocenters. The first-order valence-corrected chi connectivity index (χ1v) is 18.5. The van der Waals surface area contributed by atoms with Gasteiger partial charge < -0.3 is 19.3 Å². The highest BCUT2D eigenvalue weighted by atomic mass is 35.5. The number of rotatable bonds is 7. The fourth-order valence-corrected chi connectivity index (χ4v) is 8.31. The van der Waals surface area contributed by atoms with E-state index in [-0.39, 0.29) is 48.4 Å². The van der Waals surface area contributed by atoms with Crippen LogP contribution in [0.5, 0.6) is 5.75 Å². The Morgan fingerprint density at radius 2 is 1.71 bits per heavy atom. The van der Waals surface area contributed by atoms with Gasteiger partial charge in [-0.3, -0.25) is 29.0 Å². The number of benzene rings is 3. The Morgan fingerprint density at radius 3 is 2.45 bits per heavy atom. The molecule has 5 aromatic rings. The van der Waals surface area contributed by atoms with Gasteiger partial charge in [-0.05, 0) is 73.0 Å². The van der Waals surface area contributed by atoms with Crippen molar-refractivity contribution in [1.82, 2.24) is 29.0 Å². The van der Waals surface area contributed by atoms with Gasteiger partial charge in [-0.25, -0.2) is 0 Å². The monoisotopic (exact) mass is 805 g/mol. The molecule has 2 fully saturated rings. The van der Waals surface area contributed by atoms with E-state index in [1.54, 1.807) is 59.4 Å². The van der Waals surface area contributed by atoms with Gasteiger partial charge in [-0.1, -0.05) is 35.9 Å². The van der Waals surface area contributed by atoms with Gasteiger partial charge in [-0.15, -0.1) is 24.8 Å². The molecular weight excluding hydrogens is 761 g/mol. The summed E-state index contributed by atoms with van der Waals surface area (Å²) >= 11 is 6.66. The average molecular weight is 807 g/mol. The number of anilines is 2. The standard InChI is InChI=1S/C41H44ClN7O4.2ClH/c1-27-37(41(52)49(33-21-43-44(2)23-33)31-9-11-35(50)12-10-31)20-39(45(27)3)38-19-30(42)8-13-36(38)40(51)48-22-29-7-5-4-6-28(29)18-32(48)24-46-14-15-47-16-17-53-26-34(47)25-46;;/h4-13,19-21,23,32,34,50H,14-18,22,24-26H2,1-3H3;2*1H/t32-,34-;;/m0../s1. The predicted octanol–water partition coefficient (Wildman–Crippen LogP) is 6.50. The van der Waals surface area contributed by atoms with Crippen LogP contribution in [0.15, 0.2) is 85.2 Å². The van der Waals surface area contributed by atoms with Crippen molar-refractivity contribution in [3.63, 3.8) is 0 Å². The molecule has 0 bridgehead atoms. The van der Waals surface area contributed by atoms with E-state index in [4.69, 9.17) is 16.3 Å². The van der Waals surface area contributed by atoms with Crippen LogP contribution in [0.25, 0.3) is 11.3 Å².